The van der Waals surface area contributed by atoms with Gasteiger partial charge in [0.2, 0.25) is 6.41 Å². The minimum Gasteiger partial charge on any atom is -0.444 e. The van der Waals surface area contributed by atoms with E-state index in [9.17, 15) is 14.7 Å². The third-order valence-corrected chi connectivity index (χ3v) is 5.52. The van der Waals surface area contributed by atoms with Crippen LogP contribution in [-0.2, 0) is 14.4 Å². The van der Waals surface area contributed by atoms with Gasteiger partial charge >= 0.3 is 6.09 Å². The predicted molar refractivity (Wildman–Crippen MR) is 94.2 cm³/mol. The first-order valence-electron chi connectivity index (χ1n) is 8.42. The Hall–Kier alpha value is -1.12. The molecule has 2 amide bonds. The smallest absolute Gasteiger partial charge is 0.410 e. The Morgan fingerprint density at radius 1 is 1.33 bits per heavy atom. The Morgan fingerprint density at radius 3 is 2.42 bits per heavy atom. The molecule has 0 aromatic heterocycles. The number of hydrogen-bond acceptors (Lipinski definition) is 5. The average molecular weight is 361 g/mol. The molecule has 8 heteroatoms. The van der Waals surface area contributed by atoms with E-state index in [0.717, 1.165) is 6.04 Å². The van der Waals surface area contributed by atoms with Gasteiger partial charge in [0.25, 0.3) is 0 Å². The van der Waals surface area contributed by atoms with Gasteiger partial charge in [-0.3, -0.25) is 9.63 Å². The zero-order chi connectivity index (χ0) is 18.5. The molecule has 0 aromatic carbocycles. The number of carbonyl (C=O) groups excluding carboxylic acids is 2. The number of hydrogen-bond donors (Lipinski definition) is 1. The molecule has 7 nitrogen and oxygen atoms in total. The summed E-state index contributed by atoms with van der Waals surface area (Å²) in [6.45, 7) is 13.1. The molecule has 0 saturated carbocycles. The minimum atomic E-state index is -1.26. The van der Waals surface area contributed by atoms with Gasteiger partial charge in [0.1, 0.15) is 5.60 Å². The second-order valence-corrected chi connectivity index (χ2v) is 14.1. The summed E-state index contributed by atoms with van der Waals surface area (Å²) < 4.78 is 5.37. The van der Waals surface area contributed by atoms with Gasteiger partial charge in [-0.1, -0.05) is 19.6 Å². The Bertz CT molecular complexity index is 433. The van der Waals surface area contributed by atoms with Crippen LogP contribution in [0.25, 0.3) is 0 Å². The zero-order valence-electron chi connectivity index (χ0n) is 15.7. The number of amides is 2. The van der Waals surface area contributed by atoms with Crippen molar-refractivity contribution in [3.8, 4) is 0 Å². The molecule has 0 bridgehead atoms. The van der Waals surface area contributed by atoms with E-state index >= 15 is 0 Å². The Balaban J connectivity index is 2.67. The van der Waals surface area contributed by atoms with E-state index in [2.05, 4.69) is 19.6 Å². The van der Waals surface area contributed by atoms with Crippen LogP contribution in [0.5, 0.6) is 0 Å². The second-order valence-electron chi connectivity index (χ2n) is 8.50. The van der Waals surface area contributed by atoms with Crippen molar-refractivity contribution in [1.82, 2.24) is 9.96 Å². The van der Waals surface area contributed by atoms with Crippen molar-refractivity contribution in [3.05, 3.63) is 0 Å². The summed E-state index contributed by atoms with van der Waals surface area (Å²) in [4.78, 5) is 30.8. The highest BCUT2D eigenvalue weighted by molar-refractivity contribution is 6.76. The Kier molecular flexibility index (Phi) is 7.24. The van der Waals surface area contributed by atoms with Crippen LogP contribution < -0.4 is 0 Å². The number of nitrogens with zero attached hydrogens (tertiary/aromatic N) is 2. The highest BCUT2D eigenvalue weighted by Gasteiger charge is 2.40. The van der Waals surface area contributed by atoms with Crippen LogP contribution in [-0.4, -0.2) is 73.6 Å². The highest BCUT2D eigenvalue weighted by atomic mass is 28.3. The van der Waals surface area contributed by atoms with Crippen LogP contribution in [0.4, 0.5) is 4.79 Å². The fraction of sp³-hybridized carbons (Fsp3) is 0.875. The fourth-order valence-corrected chi connectivity index (χ4v) is 3.16. The van der Waals surface area contributed by atoms with Gasteiger partial charge < -0.3 is 14.7 Å². The number of likely N-dealkylation sites (tertiary alicyclic amines) is 1. The standard InChI is InChI=1S/C16H32N2O5Si/c1-16(2,3)23-15(21)17-9-13(11-19)14(10-17)18(12-20)22-7-8-24(4,5)6/h12-14,19H,7-11H2,1-6H3/t13-,14+/m0/s1. The molecule has 0 radical (unpaired) electrons. The van der Waals surface area contributed by atoms with Crippen LogP contribution in [0.1, 0.15) is 20.8 Å². The fourth-order valence-electron chi connectivity index (χ4n) is 2.46. The summed E-state index contributed by atoms with van der Waals surface area (Å²) in [7, 11) is -1.26. The molecule has 2 atom stereocenters. The molecule has 0 aromatic rings. The monoisotopic (exact) mass is 360 g/mol. The third kappa shape index (κ3) is 6.78. The van der Waals surface area contributed by atoms with Gasteiger partial charge in [-0.2, -0.15) is 0 Å². The number of carbonyl (C=O) groups is 2. The van der Waals surface area contributed by atoms with Crippen LogP contribution in [0.3, 0.4) is 0 Å². The van der Waals surface area contributed by atoms with E-state index in [4.69, 9.17) is 9.57 Å². The van der Waals surface area contributed by atoms with E-state index in [1.807, 2.05) is 0 Å². The van der Waals surface area contributed by atoms with Crippen LogP contribution in [0, 0.1) is 5.92 Å². The molecule has 1 N–H and O–H groups in total. The summed E-state index contributed by atoms with van der Waals surface area (Å²) in [5.74, 6) is -0.241. The van der Waals surface area contributed by atoms with Crippen LogP contribution in [0.15, 0.2) is 0 Å². The van der Waals surface area contributed by atoms with Gasteiger partial charge in [-0.25, -0.2) is 9.86 Å². The molecule has 1 rings (SSSR count). The average Bonchev–Trinajstić information content (AvgIpc) is 2.84. The Labute approximate surface area is 145 Å². The van der Waals surface area contributed by atoms with Crippen molar-refractivity contribution in [2.24, 2.45) is 5.92 Å². The van der Waals surface area contributed by atoms with Crippen molar-refractivity contribution < 1.29 is 24.3 Å². The number of hydroxylamine groups is 2. The lowest BCUT2D eigenvalue weighted by molar-refractivity contribution is -0.188. The molecule has 1 aliphatic heterocycles. The van der Waals surface area contributed by atoms with Crippen molar-refractivity contribution in [3.63, 3.8) is 0 Å². The largest absolute Gasteiger partial charge is 0.444 e. The summed E-state index contributed by atoms with van der Waals surface area (Å²) in [6.07, 6.45) is 0.201. The van der Waals surface area contributed by atoms with Gasteiger partial charge in [0.05, 0.1) is 12.6 Å². The van der Waals surface area contributed by atoms with E-state index in [1.54, 1.807) is 20.8 Å². The first-order valence-corrected chi connectivity index (χ1v) is 12.1. The van der Waals surface area contributed by atoms with Gasteiger partial charge in [-0.15, -0.1) is 0 Å². The van der Waals surface area contributed by atoms with Crippen molar-refractivity contribution in [2.75, 3.05) is 26.3 Å². The molecule has 0 spiro atoms. The number of aliphatic hydroxyl groups is 1. The first kappa shape index (κ1) is 20.9. The maximum Gasteiger partial charge on any atom is 0.410 e. The molecule has 1 saturated heterocycles. The third-order valence-electron chi connectivity index (χ3n) is 3.82. The topological polar surface area (TPSA) is 79.3 Å². The summed E-state index contributed by atoms with van der Waals surface area (Å²) in [5, 5.41) is 10.9. The molecule has 0 aliphatic carbocycles. The lowest BCUT2D eigenvalue weighted by Gasteiger charge is -2.28. The van der Waals surface area contributed by atoms with E-state index in [0.29, 0.717) is 26.1 Å². The summed E-state index contributed by atoms with van der Waals surface area (Å²) >= 11 is 0. The maximum atomic E-state index is 12.2. The van der Waals surface area contributed by atoms with Gasteiger partial charge in [0.15, 0.2) is 0 Å². The van der Waals surface area contributed by atoms with Crippen LogP contribution >= 0.6 is 0 Å². The second kappa shape index (κ2) is 8.31. The molecule has 0 unspecified atom stereocenters. The van der Waals surface area contributed by atoms with Crippen molar-refractivity contribution in [2.45, 2.75) is 58.1 Å². The van der Waals surface area contributed by atoms with E-state index in [1.165, 1.54) is 9.96 Å². The predicted octanol–water partition coefficient (Wildman–Crippen LogP) is 1.94. The number of aliphatic hydroxyl groups excluding tert-OH is 1. The molecular weight excluding hydrogens is 328 g/mol. The van der Waals surface area contributed by atoms with Crippen molar-refractivity contribution >= 4 is 20.6 Å². The summed E-state index contributed by atoms with van der Waals surface area (Å²) in [5.41, 5.74) is -0.581. The lowest BCUT2D eigenvalue weighted by Crippen LogP contribution is -2.42. The molecule has 1 aliphatic rings. The van der Waals surface area contributed by atoms with E-state index < -0.39 is 19.8 Å². The minimum absolute atomic E-state index is 0.119. The van der Waals surface area contributed by atoms with Gasteiger partial charge in [-0.05, 0) is 26.8 Å². The van der Waals surface area contributed by atoms with Crippen LogP contribution in [0.2, 0.25) is 25.7 Å². The number of ether oxygens (including phenoxy) is 1. The highest BCUT2D eigenvalue weighted by Crippen LogP contribution is 2.24. The molecule has 1 heterocycles. The lowest BCUT2D eigenvalue weighted by atomic mass is 10.1. The maximum absolute atomic E-state index is 12.2. The summed E-state index contributed by atoms with van der Waals surface area (Å²) in [6, 6.07) is 0.575. The first-order chi connectivity index (χ1) is 11.0. The number of rotatable bonds is 7. The van der Waals surface area contributed by atoms with Gasteiger partial charge in [0, 0.05) is 33.7 Å². The SMILES string of the molecule is CC(C)(C)OC(=O)N1C[C@@H](CO)[C@H](N(C=O)OCC[Si](C)(C)C)C1. The van der Waals surface area contributed by atoms with E-state index in [-0.39, 0.29) is 18.6 Å². The Morgan fingerprint density at radius 2 is 1.96 bits per heavy atom. The molecule has 24 heavy (non-hydrogen) atoms. The normalized spacial score (nSPS) is 21.7. The molecular formula is C16H32N2O5Si. The zero-order valence-corrected chi connectivity index (χ0v) is 16.7. The molecule has 1 fully saturated rings. The molecule has 140 valence electrons. The quantitative estimate of drug-likeness (QED) is 0.426. The van der Waals surface area contributed by atoms with Crippen molar-refractivity contribution in [1.29, 1.82) is 0 Å².